The van der Waals surface area contributed by atoms with E-state index in [1.807, 2.05) is 66.7 Å². The molecule has 3 heteroatoms. The summed E-state index contributed by atoms with van der Waals surface area (Å²) in [5, 5.41) is 14.7. The predicted molar refractivity (Wildman–Crippen MR) is 97.0 cm³/mol. The van der Waals surface area contributed by atoms with Crippen molar-refractivity contribution in [3.8, 4) is 16.9 Å². The summed E-state index contributed by atoms with van der Waals surface area (Å²) in [6.45, 7) is 0. The Morgan fingerprint density at radius 2 is 1.17 bits per heavy atom. The van der Waals surface area contributed by atoms with Crippen molar-refractivity contribution < 1.29 is 9.66 Å². The van der Waals surface area contributed by atoms with Gasteiger partial charge in [-0.3, -0.25) is 0 Å². The predicted octanol–water partition coefficient (Wildman–Crippen LogP) is 5.93. The van der Waals surface area contributed by atoms with E-state index in [0.717, 1.165) is 37.6 Å². The van der Waals surface area contributed by atoms with Crippen molar-refractivity contribution in [2.45, 2.75) is 4.90 Å². The number of fused-ring (bicyclic) bond motifs is 2. The zero-order valence-corrected chi connectivity index (χ0v) is 13.0. The van der Waals surface area contributed by atoms with Crippen LogP contribution >= 0.6 is 12.0 Å². The Balaban J connectivity index is 2.21. The third-order valence-electron chi connectivity index (χ3n) is 4.15. The van der Waals surface area contributed by atoms with E-state index >= 15 is 0 Å². The van der Waals surface area contributed by atoms with Crippen molar-refractivity contribution in [1.82, 2.24) is 0 Å². The smallest absolute Gasteiger partial charge is 0.124 e. The lowest BCUT2D eigenvalue weighted by atomic mass is 9.93. The molecule has 0 atom stereocenters. The van der Waals surface area contributed by atoms with E-state index in [4.69, 9.17) is 0 Å². The molecule has 0 bridgehead atoms. The Hall–Kier alpha value is -2.49. The third-order valence-corrected chi connectivity index (χ3v) is 4.68. The third kappa shape index (κ3) is 2.25. The van der Waals surface area contributed by atoms with Gasteiger partial charge in [-0.15, -0.1) is 0 Å². The molecule has 0 spiro atoms. The fraction of sp³-hybridized carbons (Fsp3) is 0. The molecular weight excluding hydrogens is 304 g/mol. The van der Waals surface area contributed by atoms with Gasteiger partial charge in [0.25, 0.3) is 0 Å². The largest absolute Gasteiger partial charge is 0.507 e. The maximum Gasteiger partial charge on any atom is 0.124 e. The molecule has 0 amide bonds. The van der Waals surface area contributed by atoms with Gasteiger partial charge in [0.2, 0.25) is 0 Å². The highest BCUT2D eigenvalue weighted by atomic mass is 32.2. The molecule has 0 saturated carbocycles. The number of hydrogen-bond donors (Lipinski definition) is 2. The minimum atomic E-state index is 0.218. The molecular formula is C20H14O2S. The number of phenolic OH excluding ortho intramolecular Hbond substituents is 1. The van der Waals surface area contributed by atoms with E-state index in [1.165, 1.54) is 0 Å². The number of rotatable bonds is 2. The molecule has 0 radical (unpaired) electrons. The monoisotopic (exact) mass is 318 g/mol. The fourth-order valence-corrected chi connectivity index (χ4v) is 3.54. The van der Waals surface area contributed by atoms with E-state index in [1.54, 1.807) is 6.07 Å². The van der Waals surface area contributed by atoms with Crippen molar-refractivity contribution in [3.05, 3.63) is 72.8 Å². The number of aromatic hydroxyl groups is 1. The first-order chi connectivity index (χ1) is 11.3. The van der Waals surface area contributed by atoms with Crippen molar-refractivity contribution >= 4 is 33.6 Å². The molecule has 0 saturated heterocycles. The van der Waals surface area contributed by atoms with Gasteiger partial charge >= 0.3 is 0 Å². The zero-order chi connectivity index (χ0) is 15.8. The van der Waals surface area contributed by atoms with Crippen LogP contribution in [0.5, 0.6) is 5.75 Å². The van der Waals surface area contributed by atoms with Crippen molar-refractivity contribution in [2.75, 3.05) is 0 Å². The van der Waals surface area contributed by atoms with Crippen LogP contribution in [-0.2, 0) is 0 Å². The quantitative estimate of drug-likeness (QED) is 0.450. The second kappa shape index (κ2) is 5.61. The lowest BCUT2D eigenvalue weighted by Crippen LogP contribution is -1.88. The van der Waals surface area contributed by atoms with Gasteiger partial charge in [0.15, 0.2) is 0 Å². The summed E-state index contributed by atoms with van der Waals surface area (Å²) in [6, 6.07) is 23.5. The van der Waals surface area contributed by atoms with Gasteiger partial charge in [-0.1, -0.05) is 60.7 Å². The summed E-state index contributed by atoms with van der Waals surface area (Å²) in [5.74, 6) is 0.218. The zero-order valence-electron chi connectivity index (χ0n) is 12.2. The van der Waals surface area contributed by atoms with Gasteiger partial charge in [-0.25, -0.2) is 0 Å². The van der Waals surface area contributed by atoms with E-state index < -0.39 is 0 Å². The normalized spacial score (nSPS) is 11.2. The summed E-state index contributed by atoms with van der Waals surface area (Å²) in [6.07, 6.45) is 0. The Bertz CT molecular complexity index is 1020. The summed E-state index contributed by atoms with van der Waals surface area (Å²) in [7, 11) is 0. The average molecular weight is 318 g/mol. The molecule has 4 rings (SSSR count). The molecule has 0 aliphatic rings. The van der Waals surface area contributed by atoms with Crippen LogP contribution in [0.1, 0.15) is 0 Å². The highest BCUT2D eigenvalue weighted by Crippen LogP contribution is 2.44. The second-order valence-corrected chi connectivity index (χ2v) is 6.05. The van der Waals surface area contributed by atoms with Crippen molar-refractivity contribution in [3.63, 3.8) is 0 Å². The fourth-order valence-electron chi connectivity index (χ4n) is 3.11. The van der Waals surface area contributed by atoms with Gasteiger partial charge in [-0.05, 0) is 33.7 Å². The Labute approximate surface area is 138 Å². The highest BCUT2D eigenvalue weighted by Gasteiger charge is 2.16. The minimum Gasteiger partial charge on any atom is -0.507 e. The van der Waals surface area contributed by atoms with Gasteiger partial charge in [-0.2, -0.15) is 0 Å². The Morgan fingerprint density at radius 3 is 1.83 bits per heavy atom. The molecule has 112 valence electrons. The molecule has 0 aromatic heterocycles. The first-order valence-electron chi connectivity index (χ1n) is 7.34. The average Bonchev–Trinajstić information content (AvgIpc) is 2.61. The number of benzene rings is 4. The molecule has 0 aliphatic carbocycles. The van der Waals surface area contributed by atoms with Gasteiger partial charge < -0.3 is 9.66 Å². The standard InChI is InChI=1S/C20H14O2S/c21-17-11-9-13-5-1-3-7-15(13)19(17)20-16-8-4-2-6-14(16)10-12-18(20)23-22/h1-12,21-22H. The first-order valence-corrected chi connectivity index (χ1v) is 8.11. The molecule has 0 unspecified atom stereocenters. The van der Waals surface area contributed by atoms with E-state index in [9.17, 15) is 9.66 Å². The SMILES string of the molecule is OSc1ccc2ccccc2c1-c1c(O)ccc2ccccc12. The van der Waals surface area contributed by atoms with Crippen LogP contribution in [0.3, 0.4) is 0 Å². The van der Waals surface area contributed by atoms with Crippen molar-refractivity contribution in [1.29, 1.82) is 0 Å². The summed E-state index contributed by atoms with van der Waals surface area (Å²) in [5.41, 5.74) is 1.63. The van der Waals surface area contributed by atoms with Gasteiger partial charge in [0.05, 0.1) is 0 Å². The van der Waals surface area contributed by atoms with Gasteiger partial charge in [0.1, 0.15) is 5.75 Å². The maximum absolute atomic E-state index is 10.6. The summed E-state index contributed by atoms with van der Waals surface area (Å²) in [4.78, 5) is 0.732. The van der Waals surface area contributed by atoms with Crippen LogP contribution < -0.4 is 0 Å². The first kappa shape index (κ1) is 14.1. The van der Waals surface area contributed by atoms with Crippen LogP contribution in [0.2, 0.25) is 0 Å². The number of phenols is 1. The molecule has 0 heterocycles. The molecule has 4 aromatic carbocycles. The maximum atomic E-state index is 10.6. The molecule has 0 aliphatic heterocycles. The van der Waals surface area contributed by atoms with Crippen LogP contribution in [0, 0.1) is 0 Å². The highest BCUT2D eigenvalue weighted by molar-refractivity contribution is 7.94. The topological polar surface area (TPSA) is 40.5 Å². The molecule has 4 aromatic rings. The molecule has 2 N–H and O–H groups in total. The minimum absolute atomic E-state index is 0.218. The van der Waals surface area contributed by atoms with Crippen LogP contribution in [0.15, 0.2) is 77.7 Å². The lowest BCUT2D eigenvalue weighted by molar-refractivity contribution is 0.478. The molecule has 2 nitrogen and oxygen atoms in total. The van der Waals surface area contributed by atoms with Crippen LogP contribution in [0.25, 0.3) is 32.7 Å². The van der Waals surface area contributed by atoms with Crippen LogP contribution in [0.4, 0.5) is 0 Å². The summed E-state index contributed by atoms with van der Waals surface area (Å²) >= 11 is 0.711. The lowest BCUT2D eigenvalue weighted by Gasteiger charge is -2.15. The summed E-state index contributed by atoms with van der Waals surface area (Å²) < 4.78 is 9.74. The van der Waals surface area contributed by atoms with Gasteiger partial charge in [0, 0.05) is 28.1 Å². The van der Waals surface area contributed by atoms with Crippen molar-refractivity contribution in [2.24, 2.45) is 0 Å². The van der Waals surface area contributed by atoms with Crippen LogP contribution in [-0.4, -0.2) is 9.66 Å². The Morgan fingerprint density at radius 1 is 0.609 bits per heavy atom. The molecule has 23 heavy (non-hydrogen) atoms. The van der Waals surface area contributed by atoms with E-state index in [0.29, 0.717) is 12.0 Å². The van der Waals surface area contributed by atoms with E-state index in [-0.39, 0.29) is 5.75 Å². The number of hydrogen-bond acceptors (Lipinski definition) is 3. The van der Waals surface area contributed by atoms with E-state index in [2.05, 4.69) is 0 Å². The Kier molecular flexibility index (Phi) is 3.45. The molecule has 0 fully saturated rings. The second-order valence-electron chi connectivity index (χ2n) is 5.43.